The molecule has 11 heteroatoms. The largest absolute Gasteiger partial charge is 0.338 e. The van der Waals surface area contributed by atoms with Gasteiger partial charge in [-0.15, -0.1) is 0 Å². The SMILES string of the molecule is O=C(CN1C(=O)c2cccc([N+](=O)[O-])c2C1=O)N1CCN(c2ncccn2)CC1. The van der Waals surface area contributed by atoms with Crippen molar-refractivity contribution < 1.29 is 19.3 Å². The molecule has 148 valence electrons. The quantitative estimate of drug-likeness (QED) is 0.411. The molecule has 1 aromatic carbocycles. The van der Waals surface area contributed by atoms with Crippen LogP contribution in [0.4, 0.5) is 11.6 Å². The lowest BCUT2D eigenvalue weighted by molar-refractivity contribution is -0.385. The van der Waals surface area contributed by atoms with E-state index in [-0.39, 0.29) is 11.1 Å². The third kappa shape index (κ3) is 3.26. The van der Waals surface area contributed by atoms with Crippen molar-refractivity contribution >= 4 is 29.4 Å². The predicted octanol–water partition coefficient (Wildman–Crippen LogP) is 0.330. The number of nitrogens with zero attached hydrogens (tertiary/aromatic N) is 6. The minimum absolute atomic E-state index is 0.0527. The van der Waals surface area contributed by atoms with Crippen LogP contribution in [0.15, 0.2) is 36.7 Å². The zero-order valence-corrected chi connectivity index (χ0v) is 15.2. The predicted molar refractivity (Wildman–Crippen MR) is 99.3 cm³/mol. The number of fused-ring (bicyclic) bond motifs is 1. The minimum Gasteiger partial charge on any atom is -0.338 e. The molecule has 0 aliphatic carbocycles. The van der Waals surface area contributed by atoms with Crippen LogP contribution in [0.5, 0.6) is 0 Å². The molecular weight excluding hydrogens is 380 g/mol. The molecule has 11 nitrogen and oxygen atoms in total. The molecule has 0 unspecified atom stereocenters. The second-order valence-electron chi connectivity index (χ2n) is 6.57. The Hall–Kier alpha value is -3.89. The first-order valence-corrected chi connectivity index (χ1v) is 8.90. The van der Waals surface area contributed by atoms with Crippen molar-refractivity contribution in [3.05, 3.63) is 57.9 Å². The summed E-state index contributed by atoms with van der Waals surface area (Å²) in [4.78, 5) is 60.9. The van der Waals surface area contributed by atoms with E-state index in [0.29, 0.717) is 32.1 Å². The van der Waals surface area contributed by atoms with Gasteiger partial charge in [0, 0.05) is 44.6 Å². The topological polar surface area (TPSA) is 130 Å². The maximum atomic E-state index is 12.7. The van der Waals surface area contributed by atoms with Crippen molar-refractivity contribution in [3.63, 3.8) is 0 Å². The first-order valence-electron chi connectivity index (χ1n) is 8.90. The van der Waals surface area contributed by atoms with Crippen molar-refractivity contribution in [2.24, 2.45) is 0 Å². The number of benzene rings is 1. The fourth-order valence-electron chi connectivity index (χ4n) is 3.46. The number of imide groups is 1. The molecule has 3 amide bonds. The highest BCUT2D eigenvalue weighted by atomic mass is 16.6. The number of anilines is 1. The van der Waals surface area contributed by atoms with Gasteiger partial charge >= 0.3 is 0 Å². The molecule has 4 rings (SSSR count). The number of nitro benzene ring substituents is 1. The van der Waals surface area contributed by atoms with Gasteiger partial charge in [-0.05, 0) is 12.1 Å². The number of nitro groups is 1. The Balaban J connectivity index is 1.43. The number of carbonyl (C=O) groups is 3. The fraction of sp³-hybridized carbons (Fsp3) is 0.278. The number of rotatable bonds is 4. The van der Waals surface area contributed by atoms with E-state index in [1.54, 1.807) is 23.4 Å². The van der Waals surface area contributed by atoms with Gasteiger partial charge in [0.1, 0.15) is 12.1 Å². The van der Waals surface area contributed by atoms with Gasteiger partial charge in [-0.2, -0.15) is 0 Å². The summed E-state index contributed by atoms with van der Waals surface area (Å²) in [7, 11) is 0. The smallest absolute Gasteiger partial charge is 0.282 e. The molecule has 3 heterocycles. The van der Waals surface area contributed by atoms with Crippen molar-refractivity contribution in [3.8, 4) is 0 Å². The summed E-state index contributed by atoms with van der Waals surface area (Å²) in [6.45, 7) is 1.36. The molecule has 1 saturated heterocycles. The Morgan fingerprint density at radius 1 is 1.03 bits per heavy atom. The van der Waals surface area contributed by atoms with Gasteiger partial charge in [0.2, 0.25) is 11.9 Å². The first kappa shape index (κ1) is 18.5. The zero-order chi connectivity index (χ0) is 20.5. The van der Waals surface area contributed by atoms with Crippen molar-refractivity contribution in [2.75, 3.05) is 37.6 Å². The van der Waals surface area contributed by atoms with E-state index >= 15 is 0 Å². The molecule has 0 bridgehead atoms. The molecule has 0 atom stereocenters. The van der Waals surface area contributed by atoms with Crippen LogP contribution in [0.2, 0.25) is 0 Å². The van der Waals surface area contributed by atoms with Gasteiger partial charge in [0.15, 0.2) is 0 Å². The highest BCUT2D eigenvalue weighted by Crippen LogP contribution is 2.30. The van der Waals surface area contributed by atoms with Crippen LogP contribution >= 0.6 is 0 Å². The van der Waals surface area contributed by atoms with Gasteiger partial charge in [-0.25, -0.2) is 9.97 Å². The van der Waals surface area contributed by atoms with Crippen molar-refractivity contribution in [1.82, 2.24) is 19.8 Å². The van der Waals surface area contributed by atoms with Crippen molar-refractivity contribution in [1.29, 1.82) is 0 Å². The lowest BCUT2D eigenvalue weighted by atomic mass is 10.1. The zero-order valence-electron chi connectivity index (χ0n) is 15.2. The van der Waals surface area contributed by atoms with Gasteiger partial charge in [0.25, 0.3) is 17.5 Å². The third-order valence-corrected chi connectivity index (χ3v) is 4.93. The fourth-order valence-corrected chi connectivity index (χ4v) is 3.46. The average molecular weight is 396 g/mol. The molecule has 0 saturated carbocycles. The normalized spacial score (nSPS) is 16.2. The Morgan fingerprint density at radius 2 is 1.72 bits per heavy atom. The molecule has 2 aliphatic heterocycles. The highest BCUT2D eigenvalue weighted by molar-refractivity contribution is 6.24. The second kappa shape index (κ2) is 7.26. The summed E-state index contributed by atoms with van der Waals surface area (Å²) >= 11 is 0. The number of aromatic nitrogens is 2. The number of hydrogen-bond donors (Lipinski definition) is 0. The number of piperazine rings is 1. The van der Waals surface area contributed by atoms with E-state index in [2.05, 4.69) is 9.97 Å². The molecule has 2 aromatic rings. The molecule has 0 radical (unpaired) electrons. The van der Waals surface area contributed by atoms with Crippen LogP contribution < -0.4 is 4.90 Å². The number of hydrogen-bond acceptors (Lipinski definition) is 8. The van der Waals surface area contributed by atoms with Crippen LogP contribution in [0, 0.1) is 10.1 Å². The standard InChI is InChI=1S/C18H16N6O5/c25-14(21-7-9-22(10-8-21)18-19-5-2-6-20-18)11-23-16(26)12-3-1-4-13(24(28)29)15(12)17(23)27/h1-6H,7-11H2. The Bertz CT molecular complexity index is 1000. The summed E-state index contributed by atoms with van der Waals surface area (Å²) in [5, 5.41) is 11.2. The Labute approximate surface area is 164 Å². The van der Waals surface area contributed by atoms with Gasteiger partial charge < -0.3 is 9.80 Å². The van der Waals surface area contributed by atoms with Crippen LogP contribution in [0.3, 0.4) is 0 Å². The van der Waals surface area contributed by atoms with Crippen LogP contribution in [-0.4, -0.2) is 75.1 Å². The summed E-state index contributed by atoms with van der Waals surface area (Å²) in [5.41, 5.74) is -0.753. The Kier molecular flexibility index (Phi) is 4.63. The van der Waals surface area contributed by atoms with E-state index in [1.807, 2.05) is 4.90 Å². The lowest BCUT2D eigenvalue weighted by Crippen LogP contribution is -2.52. The molecule has 2 aliphatic rings. The molecule has 29 heavy (non-hydrogen) atoms. The summed E-state index contributed by atoms with van der Waals surface area (Å²) in [6, 6.07) is 5.58. The van der Waals surface area contributed by atoms with Crippen LogP contribution in [-0.2, 0) is 4.79 Å². The molecule has 1 aromatic heterocycles. The maximum Gasteiger partial charge on any atom is 0.282 e. The summed E-state index contributed by atoms with van der Waals surface area (Å²) < 4.78 is 0. The molecule has 1 fully saturated rings. The van der Waals surface area contributed by atoms with E-state index in [0.717, 1.165) is 4.90 Å². The maximum absolute atomic E-state index is 12.7. The molecule has 0 N–H and O–H groups in total. The minimum atomic E-state index is -0.818. The van der Waals surface area contributed by atoms with E-state index in [4.69, 9.17) is 0 Å². The van der Waals surface area contributed by atoms with Gasteiger partial charge in [-0.1, -0.05) is 6.07 Å². The highest BCUT2D eigenvalue weighted by Gasteiger charge is 2.42. The average Bonchev–Trinajstić information content (AvgIpc) is 2.99. The van der Waals surface area contributed by atoms with E-state index in [1.165, 1.54) is 18.2 Å². The van der Waals surface area contributed by atoms with Crippen LogP contribution in [0.1, 0.15) is 20.7 Å². The summed E-state index contributed by atoms with van der Waals surface area (Å²) in [5.74, 6) is -1.33. The molecular formula is C18H16N6O5. The van der Waals surface area contributed by atoms with Gasteiger partial charge in [0.05, 0.1) is 10.5 Å². The summed E-state index contributed by atoms with van der Waals surface area (Å²) in [6.07, 6.45) is 3.28. The second-order valence-corrected chi connectivity index (χ2v) is 6.57. The molecule has 0 spiro atoms. The van der Waals surface area contributed by atoms with Crippen molar-refractivity contribution in [2.45, 2.75) is 0 Å². The lowest BCUT2D eigenvalue weighted by Gasteiger charge is -2.35. The first-order chi connectivity index (χ1) is 14.0. The van der Waals surface area contributed by atoms with Crippen LogP contribution in [0.25, 0.3) is 0 Å². The van der Waals surface area contributed by atoms with E-state index < -0.39 is 34.9 Å². The Morgan fingerprint density at radius 3 is 2.38 bits per heavy atom. The monoisotopic (exact) mass is 396 g/mol. The third-order valence-electron chi connectivity index (χ3n) is 4.93. The van der Waals surface area contributed by atoms with Gasteiger partial charge in [-0.3, -0.25) is 29.4 Å². The van der Waals surface area contributed by atoms with E-state index in [9.17, 15) is 24.5 Å². The number of amides is 3. The number of carbonyl (C=O) groups excluding carboxylic acids is 3.